The largest absolute Gasteiger partial charge is 0.369 e. The highest BCUT2D eigenvalue weighted by molar-refractivity contribution is 7.93. The quantitative estimate of drug-likeness (QED) is 0.606. The van der Waals surface area contributed by atoms with Crippen molar-refractivity contribution in [1.29, 1.82) is 0 Å². The maximum atomic E-state index is 13.8. The van der Waals surface area contributed by atoms with Crippen LogP contribution in [0.5, 0.6) is 0 Å². The van der Waals surface area contributed by atoms with Gasteiger partial charge in [0.05, 0.1) is 10.8 Å². The first kappa shape index (κ1) is 25.4. The fraction of sp³-hybridized carbons (Fsp3) is 0.481. The van der Waals surface area contributed by atoms with Gasteiger partial charge in [0.2, 0.25) is 11.8 Å². The predicted molar refractivity (Wildman–Crippen MR) is 137 cm³/mol. The number of hydrogen-bond acceptors (Lipinski definition) is 5. The van der Waals surface area contributed by atoms with Crippen LogP contribution in [-0.2, 0) is 26.0 Å². The Morgan fingerprint density at radius 1 is 1.06 bits per heavy atom. The fourth-order valence-corrected chi connectivity index (χ4v) is 7.77. The molecule has 1 heterocycles. The van der Waals surface area contributed by atoms with E-state index in [-0.39, 0.29) is 16.7 Å². The van der Waals surface area contributed by atoms with Crippen LogP contribution in [0.4, 0.5) is 5.69 Å². The van der Waals surface area contributed by atoms with Gasteiger partial charge in [-0.25, -0.2) is 8.42 Å². The van der Waals surface area contributed by atoms with Gasteiger partial charge in [0.1, 0.15) is 0 Å². The Morgan fingerprint density at radius 2 is 1.74 bits per heavy atom. The topological polar surface area (TPSA) is 110 Å². The van der Waals surface area contributed by atoms with E-state index < -0.39 is 20.5 Å². The molecule has 2 aromatic rings. The number of nitrogens with zero attached hydrogens (tertiary/aromatic N) is 1. The molecule has 2 aliphatic rings. The lowest BCUT2D eigenvalue weighted by molar-refractivity contribution is -0.123. The maximum Gasteiger partial charge on any atom is 0.246 e. The number of benzene rings is 2. The van der Waals surface area contributed by atoms with Crippen molar-refractivity contribution in [2.24, 2.45) is 11.7 Å². The molecule has 1 aliphatic carbocycles. The summed E-state index contributed by atoms with van der Waals surface area (Å²) in [6, 6.07) is 12.9. The van der Waals surface area contributed by atoms with Gasteiger partial charge in [-0.3, -0.25) is 14.5 Å². The molecule has 0 aromatic heterocycles. The molecule has 0 radical (unpaired) electrons. The molecule has 2 aromatic carbocycles. The second-order valence-electron chi connectivity index (χ2n) is 10.1. The zero-order valence-electron chi connectivity index (χ0n) is 20.5. The maximum absolute atomic E-state index is 13.8. The molecule has 1 atom stereocenters. The molecule has 2 amide bonds. The minimum Gasteiger partial charge on any atom is -0.369 e. The van der Waals surface area contributed by atoms with Crippen LogP contribution in [0.3, 0.4) is 0 Å². The third kappa shape index (κ3) is 5.14. The van der Waals surface area contributed by atoms with Crippen LogP contribution in [-0.4, -0.2) is 43.0 Å². The Labute approximate surface area is 208 Å². The summed E-state index contributed by atoms with van der Waals surface area (Å²) in [6.07, 6.45) is 3.84. The van der Waals surface area contributed by atoms with E-state index in [9.17, 15) is 18.0 Å². The number of amides is 2. The SMILES string of the molecule is Cc1ccc(C)c(S(=O)(=O)C2(C(=O)Nc3ccc(CN4CCCC(C(N)=O)C4)cc3)CCCC2)c1. The molecule has 8 heteroatoms. The van der Waals surface area contributed by atoms with Crippen molar-refractivity contribution in [1.82, 2.24) is 4.90 Å². The average Bonchev–Trinajstić information content (AvgIpc) is 3.34. The summed E-state index contributed by atoms with van der Waals surface area (Å²) in [5, 5.41) is 2.89. The van der Waals surface area contributed by atoms with Crippen LogP contribution < -0.4 is 11.1 Å². The molecule has 4 rings (SSSR count). The lowest BCUT2D eigenvalue weighted by Crippen LogP contribution is -2.47. The minimum absolute atomic E-state index is 0.107. The highest BCUT2D eigenvalue weighted by Gasteiger charge is 2.53. The van der Waals surface area contributed by atoms with Crippen molar-refractivity contribution in [3.8, 4) is 0 Å². The summed E-state index contributed by atoms with van der Waals surface area (Å²) < 4.78 is 26.2. The van der Waals surface area contributed by atoms with Gasteiger partial charge in [-0.05, 0) is 81.0 Å². The number of primary amides is 1. The van der Waals surface area contributed by atoms with Crippen LogP contribution >= 0.6 is 0 Å². The van der Waals surface area contributed by atoms with Gasteiger partial charge in [0.15, 0.2) is 14.6 Å². The smallest absolute Gasteiger partial charge is 0.246 e. The second kappa shape index (κ2) is 10.1. The summed E-state index contributed by atoms with van der Waals surface area (Å²) in [7, 11) is -3.87. The van der Waals surface area contributed by atoms with Crippen molar-refractivity contribution >= 4 is 27.3 Å². The van der Waals surface area contributed by atoms with Crippen LogP contribution in [0.15, 0.2) is 47.4 Å². The zero-order valence-corrected chi connectivity index (χ0v) is 21.4. The lowest BCUT2D eigenvalue weighted by atomic mass is 9.97. The van der Waals surface area contributed by atoms with E-state index >= 15 is 0 Å². The van der Waals surface area contributed by atoms with E-state index in [1.54, 1.807) is 19.1 Å². The molecular weight excluding hydrogens is 462 g/mol. The van der Waals surface area contributed by atoms with E-state index in [0.717, 1.165) is 30.5 Å². The minimum atomic E-state index is -3.87. The van der Waals surface area contributed by atoms with E-state index in [1.165, 1.54) is 0 Å². The fourth-order valence-electron chi connectivity index (χ4n) is 5.40. The molecule has 2 fully saturated rings. The molecule has 1 saturated carbocycles. The molecule has 0 spiro atoms. The summed E-state index contributed by atoms with van der Waals surface area (Å²) in [5.41, 5.74) is 8.64. The number of nitrogens with one attached hydrogen (secondary N) is 1. The van der Waals surface area contributed by atoms with E-state index in [0.29, 0.717) is 50.0 Å². The third-order valence-corrected chi connectivity index (χ3v) is 10.1. The molecule has 3 N–H and O–H groups in total. The van der Waals surface area contributed by atoms with Gasteiger partial charge in [-0.2, -0.15) is 0 Å². The molecule has 7 nitrogen and oxygen atoms in total. The van der Waals surface area contributed by atoms with Crippen LogP contribution in [0.1, 0.15) is 55.2 Å². The normalized spacial score (nSPS) is 20.5. The van der Waals surface area contributed by atoms with Crippen molar-refractivity contribution in [2.45, 2.75) is 68.6 Å². The van der Waals surface area contributed by atoms with E-state index in [2.05, 4.69) is 10.2 Å². The van der Waals surface area contributed by atoms with Crippen LogP contribution in [0.25, 0.3) is 0 Å². The Balaban J connectivity index is 1.50. The molecule has 35 heavy (non-hydrogen) atoms. The number of aryl methyl sites for hydroxylation is 2. The monoisotopic (exact) mass is 497 g/mol. The molecule has 1 saturated heterocycles. The highest BCUT2D eigenvalue weighted by atomic mass is 32.2. The molecule has 0 bridgehead atoms. The number of carbonyl (C=O) groups is 2. The van der Waals surface area contributed by atoms with Gasteiger partial charge in [0.25, 0.3) is 0 Å². The summed E-state index contributed by atoms with van der Waals surface area (Å²) >= 11 is 0. The Hall–Kier alpha value is -2.71. The first-order valence-corrected chi connectivity index (χ1v) is 13.8. The Kier molecular flexibility index (Phi) is 7.33. The number of hydrogen-bond donors (Lipinski definition) is 2. The van der Waals surface area contributed by atoms with Gasteiger partial charge in [0, 0.05) is 18.8 Å². The number of carbonyl (C=O) groups excluding carboxylic acids is 2. The molecular formula is C27H35N3O4S. The standard InChI is InChI=1S/C27H35N3O4S/c1-19-7-8-20(2)24(16-19)35(33,34)27(13-3-4-14-27)26(32)29-23-11-9-21(10-12-23)17-30-15-5-6-22(18-30)25(28)31/h7-12,16,22H,3-6,13-15,17-18H2,1-2H3,(H2,28,31)(H,29,32). The van der Waals surface area contributed by atoms with Gasteiger partial charge < -0.3 is 11.1 Å². The van der Waals surface area contributed by atoms with Crippen molar-refractivity contribution in [3.63, 3.8) is 0 Å². The van der Waals surface area contributed by atoms with E-state index in [4.69, 9.17) is 5.73 Å². The second-order valence-corrected chi connectivity index (χ2v) is 12.3. The van der Waals surface area contributed by atoms with E-state index in [1.807, 2.05) is 37.3 Å². The zero-order chi connectivity index (χ0) is 25.2. The number of sulfone groups is 1. The average molecular weight is 498 g/mol. The molecule has 1 unspecified atom stereocenters. The number of rotatable bonds is 7. The number of anilines is 1. The molecule has 1 aliphatic heterocycles. The first-order chi connectivity index (χ1) is 16.6. The van der Waals surface area contributed by atoms with Gasteiger partial charge >= 0.3 is 0 Å². The van der Waals surface area contributed by atoms with Crippen molar-refractivity contribution in [2.75, 3.05) is 18.4 Å². The summed E-state index contributed by atoms with van der Waals surface area (Å²) in [4.78, 5) is 27.5. The number of piperidine rings is 1. The number of nitrogens with two attached hydrogens (primary N) is 1. The highest BCUT2D eigenvalue weighted by Crippen LogP contribution is 2.42. The van der Waals surface area contributed by atoms with Crippen molar-refractivity contribution < 1.29 is 18.0 Å². The van der Waals surface area contributed by atoms with Gasteiger partial charge in [-0.1, -0.05) is 37.1 Å². The van der Waals surface area contributed by atoms with Crippen molar-refractivity contribution in [3.05, 3.63) is 59.2 Å². The van der Waals surface area contributed by atoms with Gasteiger partial charge in [-0.15, -0.1) is 0 Å². The summed E-state index contributed by atoms with van der Waals surface area (Å²) in [6.45, 7) is 5.91. The third-order valence-electron chi connectivity index (χ3n) is 7.50. The predicted octanol–water partition coefficient (Wildman–Crippen LogP) is 3.73. The number of likely N-dealkylation sites (tertiary alicyclic amines) is 1. The Bertz CT molecular complexity index is 1200. The first-order valence-electron chi connectivity index (χ1n) is 12.4. The lowest BCUT2D eigenvalue weighted by Gasteiger charge is -2.31. The Morgan fingerprint density at radius 3 is 2.40 bits per heavy atom. The van der Waals surface area contributed by atoms with Crippen LogP contribution in [0.2, 0.25) is 0 Å². The summed E-state index contributed by atoms with van der Waals surface area (Å²) in [5.74, 6) is -0.808. The van der Waals surface area contributed by atoms with Crippen LogP contribution in [0, 0.1) is 19.8 Å². The molecule has 188 valence electrons.